The summed E-state index contributed by atoms with van der Waals surface area (Å²) in [5.74, 6) is 2.64. The SMILES string of the molecule is CC1O[C@@H](OC2[C@H](O[C@H]3CC[C@@]4(C)C(=CC[C@H]5[C@@H]6C[C@@H]7O[C@]8(CC[C@@H](C)CO8)[C@@H](C)[C@@H]7[C@@]6(C)CC[C@@H]54)C3)OC(CO)[C@@H](O[C@@H]3OC(C)[C@H](O)[C@H](O)C3O)[C@@H]2O)C(O)[C@@H](O)[C@H]1O. The van der Waals surface area contributed by atoms with Crippen LogP contribution in [0.15, 0.2) is 11.6 Å². The van der Waals surface area contributed by atoms with E-state index in [2.05, 4.69) is 33.8 Å². The van der Waals surface area contributed by atoms with Crippen LogP contribution in [-0.4, -0.2) is 164 Å². The fourth-order valence-electron chi connectivity index (χ4n) is 14.0. The van der Waals surface area contributed by atoms with Gasteiger partial charge in [0.15, 0.2) is 24.7 Å². The zero-order valence-electron chi connectivity index (χ0n) is 36.5. The van der Waals surface area contributed by atoms with E-state index in [-0.39, 0.29) is 23.0 Å². The van der Waals surface area contributed by atoms with Gasteiger partial charge in [-0.3, -0.25) is 0 Å². The largest absolute Gasteiger partial charge is 0.394 e. The van der Waals surface area contributed by atoms with Crippen molar-refractivity contribution in [3.8, 4) is 0 Å². The van der Waals surface area contributed by atoms with Crippen LogP contribution in [0.3, 0.4) is 0 Å². The van der Waals surface area contributed by atoms with Crippen LogP contribution in [0.25, 0.3) is 0 Å². The van der Waals surface area contributed by atoms with E-state index in [1.807, 2.05) is 0 Å². The minimum absolute atomic E-state index is 0.0171. The minimum Gasteiger partial charge on any atom is -0.394 e. The third-order valence-electron chi connectivity index (χ3n) is 17.6. The quantitative estimate of drug-likeness (QED) is 0.168. The van der Waals surface area contributed by atoms with Crippen molar-refractivity contribution in [1.82, 2.24) is 0 Å². The molecule has 0 radical (unpaired) electrons. The van der Waals surface area contributed by atoms with Crippen molar-refractivity contribution >= 4 is 0 Å². The van der Waals surface area contributed by atoms with Crippen molar-refractivity contribution in [2.45, 2.75) is 209 Å². The summed E-state index contributed by atoms with van der Waals surface area (Å²) in [6.07, 6.45) is -10.4. The molecule has 5 heterocycles. The van der Waals surface area contributed by atoms with Crippen LogP contribution in [-0.2, 0) is 37.9 Å². The lowest BCUT2D eigenvalue weighted by atomic mass is 9.47. The highest BCUT2D eigenvalue weighted by molar-refractivity contribution is 5.26. The fourth-order valence-corrected chi connectivity index (χ4v) is 14.0. The van der Waals surface area contributed by atoms with E-state index in [1.54, 1.807) is 0 Å². The average Bonchev–Trinajstić information content (AvgIpc) is 3.69. The molecule has 0 amide bonds. The molecule has 8 fully saturated rings. The second kappa shape index (κ2) is 16.8. The normalized spacial score (nSPS) is 58.4. The number of fused-ring (bicyclic) bond motifs is 7. The summed E-state index contributed by atoms with van der Waals surface area (Å²) in [5, 5.41) is 85.9. The fraction of sp³-hybridized carbons (Fsp3) is 0.956. The lowest BCUT2D eigenvalue weighted by Gasteiger charge is -2.58. The zero-order chi connectivity index (χ0) is 43.5. The lowest BCUT2D eigenvalue weighted by Crippen LogP contribution is -2.66. The number of ether oxygens (including phenoxy) is 8. The van der Waals surface area contributed by atoms with Gasteiger partial charge >= 0.3 is 0 Å². The van der Waals surface area contributed by atoms with E-state index in [1.165, 1.54) is 25.8 Å². The molecule has 0 bridgehead atoms. The van der Waals surface area contributed by atoms with Crippen LogP contribution in [0.1, 0.15) is 99.3 Å². The second-order valence-electron chi connectivity index (χ2n) is 21.1. The van der Waals surface area contributed by atoms with Crippen molar-refractivity contribution < 1.29 is 78.7 Å². The van der Waals surface area contributed by atoms with E-state index < -0.39 is 105 Å². The highest BCUT2D eigenvalue weighted by Crippen LogP contribution is 2.70. The van der Waals surface area contributed by atoms with Gasteiger partial charge in [-0.05, 0) is 106 Å². The van der Waals surface area contributed by atoms with Crippen molar-refractivity contribution in [3.63, 3.8) is 0 Å². The molecule has 6 unspecified atom stereocenters. The van der Waals surface area contributed by atoms with Crippen molar-refractivity contribution in [2.24, 2.45) is 46.3 Å². The standard InChI is InChI=1S/C45H72O16/c1-19-9-14-45(54-18-19)20(2)30-28(61-45)16-27-25-8-7-23-15-24(10-12-43(23,5)26(25)11-13-44(27,30)6)57-42-39(60-41-36(52)34(50)32(48)22(4)56-41)37(53)38(29(17-46)58-42)59-40-35(51)33(49)31(47)21(3)55-40/h7,19-22,24-42,46-53H,8-18H2,1-6H3/t19-,20+,21?,22?,24+,25-,26+,27+,28+,29?,30+,31+,32+,33+,34+,35?,36?,37+,38-,39?,40+,41+,42-,43+,44+,45-/m1/s1. The Hall–Kier alpha value is -0.900. The molecule has 9 rings (SSSR count). The van der Waals surface area contributed by atoms with Crippen LogP contribution < -0.4 is 0 Å². The first-order valence-corrected chi connectivity index (χ1v) is 23.2. The summed E-state index contributed by atoms with van der Waals surface area (Å²) >= 11 is 0. The molecule has 8 N–H and O–H groups in total. The molecule has 0 aromatic rings. The Morgan fingerprint density at radius 2 is 1.34 bits per heavy atom. The van der Waals surface area contributed by atoms with Crippen molar-refractivity contribution in [3.05, 3.63) is 11.6 Å². The molecule has 1 spiro atoms. The van der Waals surface area contributed by atoms with Gasteiger partial charge in [-0.15, -0.1) is 0 Å². The third kappa shape index (κ3) is 7.42. The van der Waals surface area contributed by atoms with Gasteiger partial charge < -0.3 is 78.7 Å². The number of aliphatic hydroxyl groups excluding tert-OH is 8. The molecule has 16 nitrogen and oxygen atoms in total. The smallest absolute Gasteiger partial charge is 0.187 e. The number of aliphatic hydroxyl groups is 8. The van der Waals surface area contributed by atoms with E-state index in [0.29, 0.717) is 48.3 Å². The second-order valence-corrected chi connectivity index (χ2v) is 21.1. The molecule has 16 heteroatoms. The van der Waals surface area contributed by atoms with Gasteiger partial charge in [0, 0.05) is 12.3 Å². The molecule has 4 aliphatic carbocycles. The molecule has 61 heavy (non-hydrogen) atoms. The summed E-state index contributed by atoms with van der Waals surface area (Å²) < 4.78 is 50.1. The Labute approximate surface area is 358 Å². The van der Waals surface area contributed by atoms with Crippen LogP contribution in [0.5, 0.6) is 0 Å². The van der Waals surface area contributed by atoms with Crippen molar-refractivity contribution in [2.75, 3.05) is 13.2 Å². The molecule has 5 saturated heterocycles. The Bertz CT molecular complexity index is 1590. The molecular formula is C45H72O16. The Morgan fingerprint density at radius 1 is 0.689 bits per heavy atom. The number of rotatable bonds is 7. The maximum absolute atomic E-state index is 12.0. The maximum atomic E-state index is 12.0. The first kappa shape index (κ1) is 45.3. The summed E-state index contributed by atoms with van der Waals surface area (Å²) in [6.45, 7) is 12.7. The molecule has 9 aliphatic rings. The van der Waals surface area contributed by atoms with E-state index in [0.717, 1.165) is 45.1 Å². The molecule has 0 aromatic heterocycles. The Balaban J connectivity index is 0.916. The van der Waals surface area contributed by atoms with Crippen LogP contribution in [0.2, 0.25) is 0 Å². The molecule has 0 aromatic carbocycles. The van der Waals surface area contributed by atoms with Gasteiger partial charge in [0.25, 0.3) is 0 Å². The summed E-state index contributed by atoms with van der Waals surface area (Å²) in [6, 6.07) is 0. The molecule has 3 saturated carbocycles. The van der Waals surface area contributed by atoms with E-state index in [4.69, 9.17) is 37.9 Å². The highest BCUT2D eigenvalue weighted by Gasteiger charge is 2.69. The predicted molar refractivity (Wildman–Crippen MR) is 213 cm³/mol. The van der Waals surface area contributed by atoms with Gasteiger partial charge in [-0.25, -0.2) is 0 Å². The first-order chi connectivity index (χ1) is 28.9. The van der Waals surface area contributed by atoms with Gasteiger partial charge in [-0.1, -0.05) is 39.3 Å². The van der Waals surface area contributed by atoms with Gasteiger partial charge in [0.05, 0.1) is 37.6 Å². The average molecular weight is 869 g/mol. The predicted octanol–water partition coefficient (Wildman–Crippen LogP) is 1.24. The molecular weight excluding hydrogens is 796 g/mol. The summed E-state index contributed by atoms with van der Waals surface area (Å²) in [7, 11) is 0. The number of allylic oxidation sites excluding steroid dienone is 1. The maximum Gasteiger partial charge on any atom is 0.187 e. The highest BCUT2D eigenvalue weighted by atomic mass is 16.8. The number of hydrogen-bond acceptors (Lipinski definition) is 16. The van der Waals surface area contributed by atoms with E-state index >= 15 is 0 Å². The summed E-state index contributed by atoms with van der Waals surface area (Å²) in [5.41, 5.74) is 1.53. The Kier molecular flexibility index (Phi) is 12.4. The topological polar surface area (TPSA) is 236 Å². The van der Waals surface area contributed by atoms with Crippen LogP contribution in [0, 0.1) is 46.3 Å². The van der Waals surface area contributed by atoms with E-state index in [9.17, 15) is 40.9 Å². The minimum atomic E-state index is -1.71. The molecule has 5 aliphatic heterocycles. The van der Waals surface area contributed by atoms with Crippen LogP contribution >= 0.6 is 0 Å². The lowest BCUT2D eigenvalue weighted by molar-refractivity contribution is -0.388. The van der Waals surface area contributed by atoms with Crippen molar-refractivity contribution in [1.29, 1.82) is 0 Å². The van der Waals surface area contributed by atoms with Gasteiger partial charge in [0.2, 0.25) is 0 Å². The first-order valence-electron chi connectivity index (χ1n) is 23.2. The van der Waals surface area contributed by atoms with Gasteiger partial charge in [-0.2, -0.15) is 0 Å². The molecule has 26 atom stereocenters. The molecule has 348 valence electrons. The summed E-state index contributed by atoms with van der Waals surface area (Å²) in [4.78, 5) is 0. The van der Waals surface area contributed by atoms with Gasteiger partial charge in [0.1, 0.15) is 61.0 Å². The number of hydrogen-bond donors (Lipinski definition) is 8. The zero-order valence-corrected chi connectivity index (χ0v) is 36.5. The van der Waals surface area contributed by atoms with Crippen LogP contribution in [0.4, 0.5) is 0 Å². The Morgan fingerprint density at radius 3 is 1.97 bits per heavy atom. The monoisotopic (exact) mass is 868 g/mol. The third-order valence-corrected chi connectivity index (χ3v) is 17.6.